The van der Waals surface area contributed by atoms with E-state index < -0.39 is 45.3 Å². The number of imidazole rings is 1. The van der Waals surface area contributed by atoms with E-state index in [4.69, 9.17) is 0 Å². The monoisotopic (exact) mass is 479 g/mol. The summed E-state index contributed by atoms with van der Waals surface area (Å²) in [5, 5.41) is 5.33. The van der Waals surface area contributed by atoms with Crippen molar-refractivity contribution in [3.63, 3.8) is 0 Å². The van der Waals surface area contributed by atoms with Crippen LogP contribution < -0.4 is 15.8 Å². The molecule has 0 aliphatic carbocycles. The summed E-state index contributed by atoms with van der Waals surface area (Å²) in [4.78, 5) is 5.24. The van der Waals surface area contributed by atoms with Crippen LogP contribution >= 0.6 is 0 Å². The highest BCUT2D eigenvalue weighted by Crippen LogP contribution is 2.41. The van der Waals surface area contributed by atoms with E-state index >= 15 is 0 Å². The highest BCUT2D eigenvalue weighted by Gasteiger charge is 2.61. The molecule has 0 saturated heterocycles. The van der Waals surface area contributed by atoms with E-state index in [1.807, 2.05) is 4.98 Å². The van der Waals surface area contributed by atoms with E-state index in [1.165, 1.54) is 32.1 Å². The van der Waals surface area contributed by atoms with Gasteiger partial charge in [-0.25, -0.2) is 26.8 Å². The predicted molar refractivity (Wildman–Crippen MR) is 102 cm³/mol. The van der Waals surface area contributed by atoms with E-state index in [-0.39, 0.29) is 22.4 Å². The molecule has 0 saturated carbocycles. The number of hydrogen-bond donors (Lipinski definition) is 1. The van der Waals surface area contributed by atoms with Crippen molar-refractivity contribution in [2.75, 3.05) is 10.8 Å². The second-order valence-electron chi connectivity index (χ2n) is 7.12. The summed E-state index contributed by atoms with van der Waals surface area (Å²) in [6.45, 7) is 2.90. The van der Waals surface area contributed by atoms with Crippen LogP contribution in [0.3, 0.4) is 0 Å². The maximum absolute atomic E-state index is 13.8. The fourth-order valence-corrected chi connectivity index (χ4v) is 4.47. The molecular formula is C18H15F6N5O2S. The number of rotatable bonds is 4. The van der Waals surface area contributed by atoms with Crippen LogP contribution in [0.2, 0.25) is 0 Å². The van der Waals surface area contributed by atoms with Gasteiger partial charge in [0.1, 0.15) is 11.6 Å². The zero-order chi connectivity index (χ0) is 23.6. The van der Waals surface area contributed by atoms with E-state index in [2.05, 4.69) is 10.1 Å². The molecule has 172 valence electrons. The third-order valence-corrected chi connectivity index (χ3v) is 6.61. The van der Waals surface area contributed by atoms with Gasteiger partial charge >= 0.3 is 12.1 Å². The molecule has 0 radical (unpaired) electrons. The Morgan fingerprint density at radius 2 is 1.84 bits per heavy atom. The lowest BCUT2D eigenvalue weighted by molar-refractivity contribution is -0.292. The zero-order valence-electron chi connectivity index (χ0n) is 16.5. The average molecular weight is 479 g/mol. The van der Waals surface area contributed by atoms with Crippen LogP contribution in [0.5, 0.6) is 0 Å². The quantitative estimate of drug-likeness (QED) is 0.584. The van der Waals surface area contributed by atoms with Gasteiger partial charge in [0.25, 0.3) is 0 Å². The molecule has 1 unspecified atom stereocenters. The van der Waals surface area contributed by atoms with Gasteiger partial charge in [-0.15, -0.1) is 5.10 Å². The molecule has 0 bridgehead atoms. The van der Waals surface area contributed by atoms with Crippen molar-refractivity contribution >= 4 is 32.8 Å². The molecule has 32 heavy (non-hydrogen) atoms. The summed E-state index contributed by atoms with van der Waals surface area (Å²) in [5.74, 6) is -7.94. The highest BCUT2D eigenvalue weighted by molar-refractivity contribution is 7.90. The van der Waals surface area contributed by atoms with Crippen molar-refractivity contribution in [3.05, 3.63) is 46.7 Å². The van der Waals surface area contributed by atoms with E-state index in [0.717, 1.165) is 21.1 Å². The Labute approximate surface area is 176 Å². The van der Waals surface area contributed by atoms with Gasteiger partial charge in [0.05, 0.1) is 22.7 Å². The van der Waals surface area contributed by atoms with Gasteiger partial charge in [-0.05, 0) is 44.2 Å². The largest absolute Gasteiger partial charge is 0.461 e. The topological polar surface area (TPSA) is 83.3 Å². The second kappa shape index (κ2) is 6.98. The number of nitrogens with one attached hydrogen (secondary N) is 1. The van der Waals surface area contributed by atoms with Crippen LogP contribution in [0.4, 0.5) is 32.2 Å². The average Bonchev–Trinajstić information content (AvgIpc) is 3.27. The van der Waals surface area contributed by atoms with Crippen molar-refractivity contribution < 1.29 is 34.8 Å². The predicted octanol–water partition coefficient (Wildman–Crippen LogP) is 2.58. The number of fused-ring (bicyclic) bond motifs is 2. The van der Waals surface area contributed by atoms with Gasteiger partial charge in [-0.1, -0.05) is 0 Å². The molecule has 4 rings (SSSR count). The van der Waals surface area contributed by atoms with Gasteiger partial charge in [0.15, 0.2) is 11.3 Å². The maximum Gasteiger partial charge on any atom is 0.461 e. The lowest BCUT2D eigenvalue weighted by atomic mass is 10.2. The normalized spacial score (nSPS) is 17.2. The minimum Gasteiger partial charge on any atom is -0.335 e. The molecule has 1 aliphatic rings. The van der Waals surface area contributed by atoms with Gasteiger partial charge in [0, 0.05) is 5.39 Å². The SMILES string of the molecule is CCS(=O)(=O)n1c(N2N=c3nc(C(F)(F)C(F)(F)F)[nH]c3=CC2C)cc2ccc(F)cc21. The number of benzene rings is 1. The first kappa shape index (κ1) is 22.2. The van der Waals surface area contributed by atoms with E-state index in [9.17, 15) is 34.8 Å². The molecule has 0 spiro atoms. The molecule has 0 amide bonds. The number of nitrogens with zero attached hydrogens (tertiary/aromatic N) is 4. The number of alkyl halides is 5. The molecule has 1 N–H and O–H groups in total. The van der Waals surface area contributed by atoms with Gasteiger partial charge in [-0.2, -0.15) is 22.0 Å². The van der Waals surface area contributed by atoms with Crippen molar-refractivity contribution in [2.45, 2.75) is 32.0 Å². The minimum atomic E-state index is -5.87. The van der Waals surface area contributed by atoms with Crippen molar-refractivity contribution in [1.29, 1.82) is 0 Å². The second-order valence-corrected chi connectivity index (χ2v) is 9.22. The number of H-pyrrole nitrogens is 1. The van der Waals surface area contributed by atoms with E-state index in [1.54, 1.807) is 0 Å². The molecule has 0 fully saturated rings. The lowest BCUT2D eigenvalue weighted by Crippen LogP contribution is -2.42. The third kappa shape index (κ3) is 3.32. The van der Waals surface area contributed by atoms with Crippen LogP contribution in [0, 0.1) is 5.82 Å². The van der Waals surface area contributed by atoms with E-state index in [0.29, 0.717) is 5.39 Å². The van der Waals surface area contributed by atoms with Crippen LogP contribution in [-0.2, 0) is 15.9 Å². The van der Waals surface area contributed by atoms with Crippen LogP contribution in [0.25, 0.3) is 17.0 Å². The molecule has 3 heterocycles. The standard InChI is InChI=1S/C18H15F6N5O2S/c1-3-32(30,31)29-13-8-11(19)5-4-10(13)7-14(29)28-9(2)6-12-15(27-28)26-16(25-12)17(20,21)18(22,23)24/h4-9H,3H2,1-2H3,(H,25,26,27). The number of aromatic nitrogens is 3. The molecule has 1 aliphatic heterocycles. The van der Waals surface area contributed by atoms with Crippen LogP contribution in [-0.4, -0.2) is 40.3 Å². The van der Waals surface area contributed by atoms with Gasteiger partial charge in [0.2, 0.25) is 10.0 Å². The maximum atomic E-state index is 13.8. The summed E-state index contributed by atoms with van der Waals surface area (Å²) in [6, 6.07) is 4.14. The summed E-state index contributed by atoms with van der Waals surface area (Å²) in [7, 11) is -3.98. The fraction of sp³-hybridized carbons (Fsp3) is 0.333. The smallest absolute Gasteiger partial charge is 0.335 e. The number of halogens is 6. The molecule has 2 aromatic heterocycles. The molecular weight excluding hydrogens is 464 g/mol. The number of aromatic amines is 1. The Bertz CT molecular complexity index is 1440. The Morgan fingerprint density at radius 1 is 1.16 bits per heavy atom. The molecule has 7 nitrogen and oxygen atoms in total. The summed E-state index contributed by atoms with van der Waals surface area (Å²) in [6.07, 6.45) is -4.59. The van der Waals surface area contributed by atoms with Crippen molar-refractivity contribution in [3.8, 4) is 0 Å². The Morgan fingerprint density at radius 3 is 2.47 bits per heavy atom. The fourth-order valence-electron chi connectivity index (χ4n) is 3.33. The molecule has 14 heteroatoms. The van der Waals surface area contributed by atoms with Gasteiger partial charge < -0.3 is 4.98 Å². The van der Waals surface area contributed by atoms with Crippen LogP contribution in [0.15, 0.2) is 29.4 Å². The Hall–Kier alpha value is -3.03. The first-order valence-electron chi connectivity index (χ1n) is 9.21. The Kier molecular flexibility index (Phi) is 4.84. The minimum absolute atomic E-state index is 0.0290. The third-order valence-electron chi connectivity index (χ3n) is 4.94. The van der Waals surface area contributed by atoms with Crippen molar-refractivity contribution in [2.24, 2.45) is 5.10 Å². The Balaban J connectivity index is 1.94. The first-order chi connectivity index (χ1) is 14.8. The highest BCUT2D eigenvalue weighted by atomic mass is 32.2. The molecule has 3 aromatic rings. The zero-order valence-corrected chi connectivity index (χ0v) is 17.3. The summed E-state index contributed by atoms with van der Waals surface area (Å²) >= 11 is 0. The number of anilines is 1. The first-order valence-corrected chi connectivity index (χ1v) is 10.8. The van der Waals surface area contributed by atoms with Crippen LogP contribution in [0.1, 0.15) is 19.7 Å². The van der Waals surface area contributed by atoms with Crippen molar-refractivity contribution in [1.82, 2.24) is 13.9 Å². The number of hydrogen-bond acceptors (Lipinski definition) is 5. The summed E-state index contributed by atoms with van der Waals surface area (Å²) < 4.78 is 106. The molecule has 1 aromatic carbocycles. The van der Waals surface area contributed by atoms with Gasteiger partial charge in [-0.3, -0.25) is 0 Å². The molecule has 1 atom stereocenters. The summed E-state index contributed by atoms with van der Waals surface area (Å²) in [5.41, 5.74) is -0.444. The lowest BCUT2D eigenvalue weighted by Gasteiger charge is -2.26.